The van der Waals surface area contributed by atoms with Gasteiger partial charge in [0.05, 0.1) is 6.61 Å². The standard InChI is InChI=1S/C19H31N3O3/c1-14(2)16-12-21(10-11-25-4)13-17(16)20-18(23)8-9-22-15(3)6-5-7-19(22)24/h5-7,14,16-17H,8-13H2,1-4H3,(H,20,23)/t16-,17+/m0/s1. The van der Waals surface area contributed by atoms with Gasteiger partial charge in [-0.2, -0.15) is 0 Å². The number of likely N-dealkylation sites (tertiary alicyclic amines) is 1. The molecule has 0 unspecified atom stereocenters. The summed E-state index contributed by atoms with van der Waals surface area (Å²) in [4.78, 5) is 26.7. The van der Waals surface area contributed by atoms with Crippen molar-refractivity contribution in [2.45, 2.75) is 39.8 Å². The third-order valence-corrected chi connectivity index (χ3v) is 5.09. The van der Waals surface area contributed by atoms with Crippen molar-refractivity contribution in [3.8, 4) is 0 Å². The maximum Gasteiger partial charge on any atom is 0.250 e. The van der Waals surface area contributed by atoms with Gasteiger partial charge in [-0.1, -0.05) is 19.9 Å². The molecule has 1 fully saturated rings. The van der Waals surface area contributed by atoms with Crippen LogP contribution in [0.5, 0.6) is 0 Å². The minimum Gasteiger partial charge on any atom is -0.383 e. The van der Waals surface area contributed by atoms with E-state index in [4.69, 9.17) is 4.74 Å². The quantitative estimate of drug-likeness (QED) is 0.768. The molecule has 0 bridgehead atoms. The molecule has 1 aromatic heterocycles. The molecule has 1 amide bonds. The molecule has 0 aliphatic carbocycles. The van der Waals surface area contributed by atoms with Crippen LogP contribution in [0.15, 0.2) is 23.0 Å². The summed E-state index contributed by atoms with van der Waals surface area (Å²) in [7, 11) is 1.71. The number of rotatable bonds is 8. The van der Waals surface area contributed by atoms with Crippen molar-refractivity contribution in [2.24, 2.45) is 11.8 Å². The van der Waals surface area contributed by atoms with Crippen LogP contribution < -0.4 is 10.9 Å². The van der Waals surface area contributed by atoms with E-state index in [9.17, 15) is 9.59 Å². The van der Waals surface area contributed by atoms with Crippen LogP contribution in [0.3, 0.4) is 0 Å². The molecule has 1 aliphatic heterocycles. The Balaban J connectivity index is 1.91. The van der Waals surface area contributed by atoms with Crippen LogP contribution in [0.25, 0.3) is 0 Å². The summed E-state index contributed by atoms with van der Waals surface area (Å²) >= 11 is 0. The van der Waals surface area contributed by atoms with Crippen molar-refractivity contribution in [3.63, 3.8) is 0 Å². The average molecular weight is 349 g/mol. The van der Waals surface area contributed by atoms with E-state index >= 15 is 0 Å². The van der Waals surface area contributed by atoms with Crippen molar-refractivity contribution >= 4 is 5.91 Å². The molecular weight excluding hydrogens is 318 g/mol. The van der Waals surface area contributed by atoms with Gasteiger partial charge in [-0.3, -0.25) is 14.5 Å². The second kappa shape index (κ2) is 9.15. The first kappa shape index (κ1) is 19.7. The van der Waals surface area contributed by atoms with E-state index in [1.54, 1.807) is 17.7 Å². The summed E-state index contributed by atoms with van der Waals surface area (Å²) in [5.41, 5.74) is 0.825. The molecule has 1 aliphatic rings. The largest absolute Gasteiger partial charge is 0.383 e. The number of carbonyl (C=O) groups excluding carboxylic acids is 1. The molecule has 2 atom stereocenters. The molecule has 0 spiro atoms. The highest BCUT2D eigenvalue weighted by atomic mass is 16.5. The molecule has 1 saturated heterocycles. The third-order valence-electron chi connectivity index (χ3n) is 5.09. The molecule has 0 saturated carbocycles. The fourth-order valence-electron chi connectivity index (χ4n) is 3.55. The lowest BCUT2D eigenvalue weighted by Crippen LogP contribution is -2.42. The summed E-state index contributed by atoms with van der Waals surface area (Å²) in [5.74, 6) is 0.971. The Morgan fingerprint density at radius 1 is 1.32 bits per heavy atom. The highest BCUT2D eigenvalue weighted by Crippen LogP contribution is 2.24. The number of aryl methyl sites for hydroxylation is 1. The fourth-order valence-corrected chi connectivity index (χ4v) is 3.55. The molecule has 2 rings (SSSR count). The zero-order valence-electron chi connectivity index (χ0n) is 15.8. The van der Waals surface area contributed by atoms with Gasteiger partial charge in [0.2, 0.25) is 5.91 Å². The minimum atomic E-state index is -0.0561. The number of carbonyl (C=O) groups is 1. The predicted molar refractivity (Wildman–Crippen MR) is 98.6 cm³/mol. The molecule has 2 heterocycles. The Hall–Kier alpha value is -1.66. The van der Waals surface area contributed by atoms with Gasteiger partial charge in [0.25, 0.3) is 5.56 Å². The predicted octanol–water partition coefficient (Wildman–Crippen LogP) is 1.27. The van der Waals surface area contributed by atoms with Gasteiger partial charge in [-0.15, -0.1) is 0 Å². The second-order valence-electron chi connectivity index (χ2n) is 7.24. The van der Waals surface area contributed by atoms with Crippen LogP contribution in [0.2, 0.25) is 0 Å². The summed E-state index contributed by atoms with van der Waals surface area (Å²) in [6.07, 6.45) is 0.324. The molecule has 1 aromatic rings. The van der Waals surface area contributed by atoms with Crippen LogP contribution in [0.1, 0.15) is 26.0 Å². The van der Waals surface area contributed by atoms with E-state index in [2.05, 4.69) is 24.1 Å². The zero-order chi connectivity index (χ0) is 18.4. The van der Waals surface area contributed by atoms with E-state index < -0.39 is 0 Å². The van der Waals surface area contributed by atoms with Crippen molar-refractivity contribution < 1.29 is 9.53 Å². The molecule has 6 heteroatoms. The van der Waals surface area contributed by atoms with E-state index in [1.807, 2.05) is 13.0 Å². The molecular formula is C19H31N3O3. The monoisotopic (exact) mass is 349 g/mol. The van der Waals surface area contributed by atoms with Gasteiger partial charge in [-0.25, -0.2) is 0 Å². The summed E-state index contributed by atoms with van der Waals surface area (Å²) in [6, 6.07) is 5.33. The van der Waals surface area contributed by atoms with Crippen LogP contribution in [0.4, 0.5) is 0 Å². The molecule has 1 N–H and O–H groups in total. The fraction of sp³-hybridized carbons (Fsp3) is 0.684. The number of hydrogen-bond donors (Lipinski definition) is 1. The van der Waals surface area contributed by atoms with E-state index in [-0.39, 0.29) is 17.5 Å². The summed E-state index contributed by atoms with van der Waals surface area (Å²) in [5, 5.41) is 3.19. The van der Waals surface area contributed by atoms with Gasteiger partial charge in [0.15, 0.2) is 0 Å². The van der Waals surface area contributed by atoms with E-state index in [0.29, 0.717) is 31.4 Å². The highest BCUT2D eigenvalue weighted by Gasteiger charge is 2.35. The Morgan fingerprint density at radius 3 is 2.72 bits per heavy atom. The topological polar surface area (TPSA) is 63.6 Å². The number of amides is 1. The second-order valence-corrected chi connectivity index (χ2v) is 7.24. The first-order valence-electron chi connectivity index (χ1n) is 9.09. The number of ether oxygens (including phenoxy) is 1. The number of aromatic nitrogens is 1. The van der Waals surface area contributed by atoms with Gasteiger partial charge < -0.3 is 14.6 Å². The maximum absolute atomic E-state index is 12.4. The van der Waals surface area contributed by atoms with Crippen molar-refractivity contribution in [3.05, 3.63) is 34.2 Å². The zero-order valence-corrected chi connectivity index (χ0v) is 15.8. The molecule has 25 heavy (non-hydrogen) atoms. The smallest absolute Gasteiger partial charge is 0.250 e. The normalized spacial score (nSPS) is 21.0. The third kappa shape index (κ3) is 5.41. The summed E-state index contributed by atoms with van der Waals surface area (Å²) in [6.45, 7) is 10.2. The lowest BCUT2D eigenvalue weighted by molar-refractivity contribution is -0.122. The highest BCUT2D eigenvalue weighted by molar-refractivity contribution is 5.76. The Bertz CT molecular complexity index is 627. The average Bonchev–Trinajstić information content (AvgIpc) is 2.95. The van der Waals surface area contributed by atoms with E-state index in [1.165, 1.54) is 6.07 Å². The first-order valence-corrected chi connectivity index (χ1v) is 9.09. The lowest BCUT2D eigenvalue weighted by atomic mass is 9.91. The van der Waals surface area contributed by atoms with E-state index in [0.717, 1.165) is 25.3 Å². The lowest BCUT2D eigenvalue weighted by Gasteiger charge is -2.23. The Kier molecular flexibility index (Phi) is 7.20. The van der Waals surface area contributed by atoms with Gasteiger partial charge in [-0.05, 0) is 24.8 Å². The molecule has 6 nitrogen and oxygen atoms in total. The molecule has 0 aromatic carbocycles. The summed E-state index contributed by atoms with van der Waals surface area (Å²) < 4.78 is 6.82. The van der Waals surface area contributed by atoms with Crippen molar-refractivity contribution in [1.29, 1.82) is 0 Å². The van der Waals surface area contributed by atoms with Crippen molar-refractivity contribution in [1.82, 2.24) is 14.8 Å². The van der Waals surface area contributed by atoms with Crippen LogP contribution in [0, 0.1) is 18.8 Å². The Morgan fingerprint density at radius 2 is 2.08 bits per heavy atom. The molecule has 140 valence electrons. The van der Waals surface area contributed by atoms with Crippen molar-refractivity contribution in [2.75, 3.05) is 33.4 Å². The number of pyridine rings is 1. The van der Waals surface area contributed by atoms with Crippen LogP contribution in [-0.4, -0.2) is 54.8 Å². The van der Waals surface area contributed by atoms with Gasteiger partial charge >= 0.3 is 0 Å². The van der Waals surface area contributed by atoms with Gasteiger partial charge in [0, 0.05) is 57.5 Å². The minimum absolute atomic E-state index is 0.0133. The number of methoxy groups -OCH3 is 1. The number of nitrogens with one attached hydrogen (secondary N) is 1. The SMILES string of the molecule is COCCN1C[C@@H](NC(=O)CCn2c(C)cccc2=O)[C@H](C(C)C)C1. The van der Waals surface area contributed by atoms with Crippen LogP contribution >= 0.6 is 0 Å². The maximum atomic E-state index is 12.4. The molecule has 0 radical (unpaired) electrons. The Labute approximate surface area is 150 Å². The van der Waals surface area contributed by atoms with Gasteiger partial charge in [0.1, 0.15) is 0 Å². The van der Waals surface area contributed by atoms with Crippen LogP contribution in [-0.2, 0) is 16.1 Å². The number of nitrogens with zero attached hydrogens (tertiary/aromatic N) is 2. The first-order chi connectivity index (χ1) is 11.9. The number of hydrogen-bond acceptors (Lipinski definition) is 4.